The van der Waals surface area contributed by atoms with Crippen molar-refractivity contribution in [1.29, 1.82) is 5.26 Å². The van der Waals surface area contributed by atoms with Crippen LogP contribution in [0.2, 0.25) is 0 Å². The fraction of sp³-hybridized carbons (Fsp3) is 0.385. The van der Waals surface area contributed by atoms with Crippen LogP contribution < -0.4 is 0 Å². The average Bonchev–Trinajstić information content (AvgIpc) is 2.18. The van der Waals surface area contributed by atoms with E-state index < -0.39 is 0 Å². The van der Waals surface area contributed by atoms with Crippen molar-refractivity contribution >= 4 is 5.78 Å². The fourth-order valence-corrected chi connectivity index (χ4v) is 1.65. The summed E-state index contributed by atoms with van der Waals surface area (Å²) < 4.78 is 0. The van der Waals surface area contributed by atoms with E-state index in [1.54, 1.807) is 0 Å². The van der Waals surface area contributed by atoms with Gasteiger partial charge in [-0.05, 0) is 31.9 Å². The molecule has 0 aliphatic carbocycles. The van der Waals surface area contributed by atoms with Gasteiger partial charge in [-0.1, -0.05) is 23.8 Å². The Bertz CT molecular complexity index is 415. The summed E-state index contributed by atoms with van der Waals surface area (Å²) in [5.74, 6) is -0.246. The molecule has 0 bridgehead atoms. The van der Waals surface area contributed by atoms with Crippen LogP contribution in [0.25, 0.3) is 0 Å². The first-order chi connectivity index (χ1) is 7.04. The maximum atomic E-state index is 11.0. The van der Waals surface area contributed by atoms with Crippen LogP contribution in [0, 0.1) is 25.2 Å². The van der Waals surface area contributed by atoms with Crippen molar-refractivity contribution in [1.82, 2.24) is 0 Å². The number of benzene rings is 1. The molecule has 0 amide bonds. The van der Waals surface area contributed by atoms with Crippen LogP contribution in [-0.2, 0) is 4.79 Å². The monoisotopic (exact) mass is 201 g/mol. The molecule has 1 rings (SSSR count). The largest absolute Gasteiger partial charge is 0.300 e. The van der Waals surface area contributed by atoms with Gasteiger partial charge in [0.25, 0.3) is 0 Å². The zero-order valence-corrected chi connectivity index (χ0v) is 9.37. The third-order valence-corrected chi connectivity index (χ3v) is 2.46. The van der Waals surface area contributed by atoms with E-state index in [9.17, 15) is 4.79 Å². The second-order valence-electron chi connectivity index (χ2n) is 3.95. The van der Waals surface area contributed by atoms with Crippen molar-refractivity contribution in [2.75, 3.05) is 0 Å². The maximum Gasteiger partial charge on any atom is 0.131 e. The number of carbonyl (C=O) groups excluding carboxylic acids is 1. The van der Waals surface area contributed by atoms with Crippen molar-refractivity contribution in [2.45, 2.75) is 33.1 Å². The molecular weight excluding hydrogens is 186 g/mol. The Hall–Kier alpha value is -1.62. The number of hydrogen-bond acceptors (Lipinski definition) is 2. The van der Waals surface area contributed by atoms with Gasteiger partial charge in [0, 0.05) is 6.42 Å². The molecule has 0 N–H and O–H groups in total. The first-order valence-corrected chi connectivity index (χ1v) is 5.00. The van der Waals surface area contributed by atoms with Gasteiger partial charge >= 0.3 is 0 Å². The van der Waals surface area contributed by atoms with Crippen LogP contribution in [0.3, 0.4) is 0 Å². The standard InChI is InChI=1S/C13H15NO/c1-9-4-5-10(2)13(6-9)12(8-14)7-11(3)15/h4-6,12H,7H2,1-3H3. The summed E-state index contributed by atoms with van der Waals surface area (Å²) in [6, 6.07) is 8.20. The number of ketones is 1. The van der Waals surface area contributed by atoms with Crippen LogP contribution in [0.15, 0.2) is 18.2 Å². The van der Waals surface area contributed by atoms with Gasteiger partial charge in [0.2, 0.25) is 0 Å². The van der Waals surface area contributed by atoms with Crippen molar-refractivity contribution < 1.29 is 4.79 Å². The highest BCUT2D eigenvalue weighted by atomic mass is 16.1. The summed E-state index contributed by atoms with van der Waals surface area (Å²) in [5.41, 5.74) is 3.18. The van der Waals surface area contributed by atoms with E-state index in [1.807, 2.05) is 32.0 Å². The smallest absolute Gasteiger partial charge is 0.131 e. The number of Topliss-reactive ketones (excluding diaryl/α,β-unsaturated/α-hetero) is 1. The molecule has 1 unspecified atom stereocenters. The van der Waals surface area contributed by atoms with Crippen molar-refractivity contribution in [3.05, 3.63) is 34.9 Å². The van der Waals surface area contributed by atoms with Crippen molar-refractivity contribution in [2.24, 2.45) is 0 Å². The molecule has 0 saturated heterocycles. The highest BCUT2D eigenvalue weighted by Gasteiger charge is 2.15. The summed E-state index contributed by atoms with van der Waals surface area (Å²) in [6.45, 7) is 5.49. The van der Waals surface area contributed by atoms with Gasteiger partial charge in [0.05, 0.1) is 12.0 Å². The number of nitriles is 1. The Kier molecular flexibility index (Phi) is 3.62. The van der Waals surface area contributed by atoms with E-state index in [0.29, 0.717) is 6.42 Å². The first-order valence-electron chi connectivity index (χ1n) is 5.00. The minimum Gasteiger partial charge on any atom is -0.300 e. The molecule has 0 aliphatic rings. The topological polar surface area (TPSA) is 40.9 Å². The Labute approximate surface area is 90.5 Å². The molecule has 1 aromatic rings. The molecule has 15 heavy (non-hydrogen) atoms. The van der Waals surface area contributed by atoms with Gasteiger partial charge < -0.3 is 0 Å². The zero-order chi connectivity index (χ0) is 11.4. The molecule has 78 valence electrons. The van der Waals surface area contributed by atoms with Crippen LogP contribution in [0.4, 0.5) is 0 Å². The fourth-order valence-electron chi connectivity index (χ4n) is 1.65. The van der Waals surface area contributed by atoms with Crippen LogP contribution in [-0.4, -0.2) is 5.78 Å². The highest BCUT2D eigenvalue weighted by molar-refractivity contribution is 5.77. The number of aryl methyl sites for hydroxylation is 2. The van der Waals surface area contributed by atoms with E-state index in [-0.39, 0.29) is 11.7 Å². The minimum absolute atomic E-state index is 0.0578. The lowest BCUT2D eigenvalue weighted by Crippen LogP contribution is -2.04. The van der Waals surface area contributed by atoms with Crippen LogP contribution >= 0.6 is 0 Å². The molecule has 0 aromatic heterocycles. The Morgan fingerprint density at radius 1 is 1.47 bits per heavy atom. The molecule has 1 aromatic carbocycles. The maximum absolute atomic E-state index is 11.0. The average molecular weight is 201 g/mol. The molecule has 1 atom stereocenters. The Morgan fingerprint density at radius 3 is 2.67 bits per heavy atom. The van der Waals surface area contributed by atoms with Crippen molar-refractivity contribution in [3.8, 4) is 6.07 Å². The second kappa shape index (κ2) is 4.75. The van der Waals surface area contributed by atoms with Gasteiger partial charge in [-0.2, -0.15) is 5.26 Å². The SMILES string of the molecule is CC(=O)CC(C#N)c1cc(C)ccc1C. The number of rotatable bonds is 3. The first kappa shape index (κ1) is 11.5. The minimum atomic E-state index is -0.303. The summed E-state index contributed by atoms with van der Waals surface area (Å²) in [6.07, 6.45) is 0.306. The summed E-state index contributed by atoms with van der Waals surface area (Å²) in [7, 11) is 0. The molecule has 0 heterocycles. The molecule has 2 heteroatoms. The Morgan fingerprint density at radius 2 is 2.13 bits per heavy atom. The van der Waals surface area contributed by atoms with Crippen LogP contribution in [0.1, 0.15) is 36.0 Å². The summed E-state index contributed by atoms with van der Waals surface area (Å²) in [4.78, 5) is 11.0. The lowest BCUT2D eigenvalue weighted by molar-refractivity contribution is -0.117. The summed E-state index contributed by atoms with van der Waals surface area (Å²) >= 11 is 0. The molecule has 0 aliphatic heterocycles. The van der Waals surface area contributed by atoms with E-state index in [0.717, 1.165) is 16.7 Å². The van der Waals surface area contributed by atoms with Gasteiger partial charge in [-0.15, -0.1) is 0 Å². The third kappa shape index (κ3) is 2.92. The van der Waals surface area contributed by atoms with E-state index >= 15 is 0 Å². The molecule has 0 fully saturated rings. The zero-order valence-electron chi connectivity index (χ0n) is 9.37. The van der Waals surface area contributed by atoms with Crippen molar-refractivity contribution in [3.63, 3.8) is 0 Å². The predicted octanol–water partition coefficient (Wildman–Crippen LogP) is 2.89. The molecule has 0 spiro atoms. The quantitative estimate of drug-likeness (QED) is 0.754. The molecule has 0 saturated carbocycles. The molecular formula is C13H15NO. The lowest BCUT2D eigenvalue weighted by Gasteiger charge is -2.11. The van der Waals surface area contributed by atoms with Gasteiger partial charge in [-0.25, -0.2) is 0 Å². The number of carbonyl (C=O) groups is 1. The highest BCUT2D eigenvalue weighted by Crippen LogP contribution is 2.23. The summed E-state index contributed by atoms with van der Waals surface area (Å²) in [5, 5.41) is 9.04. The number of hydrogen-bond donors (Lipinski definition) is 0. The molecule has 2 nitrogen and oxygen atoms in total. The Balaban J connectivity index is 3.07. The van der Waals surface area contributed by atoms with Crippen LogP contribution in [0.5, 0.6) is 0 Å². The normalized spacial score (nSPS) is 11.9. The van der Waals surface area contributed by atoms with Gasteiger partial charge in [-0.3, -0.25) is 4.79 Å². The molecule has 0 radical (unpaired) electrons. The second-order valence-corrected chi connectivity index (χ2v) is 3.95. The third-order valence-electron chi connectivity index (χ3n) is 2.46. The lowest BCUT2D eigenvalue weighted by atomic mass is 9.91. The number of nitrogens with zero attached hydrogens (tertiary/aromatic N) is 1. The predicted molar refractivity (Wildman–Crippen MR) is 59.6 cm³/mol. The van der Waals surface area contributed by atoms with E-state index in [1.165, 1.54) is 6.92 Å². The van der Waals surface area contributed by atoms with E-state index in [4.69, 9.17) is 5.26 Å². The van der Waals surface area contributed by atoms with E-state index in [2.05, 4.69) is 6.07 Å². The van der Waals surface area contributed by atoms with Gasteiger partial charge in [0.15, 0.2) is 0 Å². The van der Waals surface area contributed by atoms with Gasteiger partial charge in [0.1, 0.15) is 5.78 Å².